The molecule has 0 aliphatic rings. The summed E-state index contributed by atoms with van der Waals surface area (Å²) in [6, 6.07) is 30.0. The maximum atomic E-state index is 11.6. The number of aliphatic hydroxyl groups excluding tert-OH is 3. The normalized spacial score (nSPS) is 10.1. The van der Waals surface area contributed by atoms with Gasteiger partial charge in [0, 0.05) is 40.0 Å². The van der Waals surface area contributed by atoms with Crippen LogP contribution in [0.3, 0.4) is 0 Å². The van der Waals surface area contributed by atoms with Crippen molar-refractivity contribution < 1.29 is 41.8 Å². The Hall–Kier alpha value is -1.57. The first kappa shape index (κ1) is 33.6. The van der Waals surface area contributed by atoms with Gasteiger partial charge in [-0.3, -0.25) is 0 Å². The van der Waals surface area contributed by atoms with E-state index in [9.17, 15) is 4.80 Å². The van der Waals surface area contributed by atoms with Crippen molar-refractivity contribution in [2.45, 2.75) is 59.9 Å². The number of aliphatic hydroxyl groups is 3. The molecule has 0 spiro atoms. The number of rotatable bonds is 3. The van der Waals surface area contributed by atoms with Gasteiger partial charge in [0.05, 0.1) is 0 Å². The fourth-order valence-corrected chi connectivity index (χ4v) is 5.56. The zero-order valence-corrected chi connectivity index (χ0v) is 23.2. The maximum Gasteiger partial charge on any atom is 0.285 e. The van der Waals surface area contributed by atoms with Gasteiger partial charge in [-0.25, -0.2) is 0 Å². The van der Waals surface area contributed by atoms with Crippen LogP contribution >= 0.6 is 0 Å². The Morgan fingerprint density at radius 2 is 0.606 bits per heavy atom. The molecule has 4 N–H and O–H groups in total. The monoisotopic (exact) mass is 504 g/mol. The molecular formula is C27H40O4SiTi. The predicted octanol–water partition coefficient (Wildman–Crippen LogP) is 2.80. The predicted molar refractivity (Wildman–Crippen MR) is 138 cm³/mol. The zero-order chi connectivity index (χ0) is 24.6. The SMILES string of the molecule is CC(C)O.CC(C)O.CC(C)O.O[Si](c1ccccc1)(c1ccccc1)c1ccccc1.[Ti]. The van der Waals surface area contributed by atoms with Crippen molar-refractivity contribution in [1.82, 2.24) is 0 Å². The molecule has 3 rings (SSSR count). The van der Waals surface area contributed by atoms with Crippen LogP contribution in [0.4, 0.5) is 0 Å². The summed E-state index contributed by atoms with van der Waals surface area (Å²) in [7, 11) is -2.88. The van der Waals surface area contributed by atoms with Crippen molar-refractivity contribution in [3.05, 3.63) is 91.0 Å². The second kappa shape index (κ2) is 18.8. The largest absolute Gasteiger partial charge is 0.421 e. The quantitative estimate of drug-likeness (QED) is 0.327. The molecule has 0 aliphatic carbocycles. The minimum absolute atomic E-state index is 0. The molecule has 0 amide bonds. The molecule has 180 valence electrons. The molecule has 0 unspecified atom stereocenters. The molecule has 0 saturated carbocycles. The third-order valence-corrected chi connectivity index (χ3v) is 7.08. The average molecular weight is 505 g/mol. The first-order chi connectivity index (χ1) is 15.0. The first-order valence-corrected chi connectivity index (χ1v) is 12.9. The molecule has 4 nitrogen and oxygen atoms in total. The molecule has 0 heterocycles. The Labute approximate surface area is 216 Å². The average Bonchev–Trinajstić information content (AvgIpc) is 2.74. The van der Waals surface area contributed by atoms with E-state index in [1.165, 1.54) is 0 Å². The summed E-state index contributed by atoms with van der Waals surface area (Å²) in [5.41, 5.74) is 0. The van der Waals surface area contributed by atoms with Crippen LogP contribution in [0, 0.1) is 0 Å². The minimum atomic E-state index is -2.88. The van der Waals surface area contributed by atoms with Crippen LogP contribution < -0.4 is 15.6 Å². The fourth-order valence-electron chi connectivity index (χ4n) is 2.54. The van der Waals surface area contributed by atoms with Gasteiger partial charge in [-0.1, -0.05) is 91.0 Å². The second-order valence-corrected chi connectivity index (χ2v) is 11.2. The van der Waals surface area contributed by atoms with Gasteiger partial charge in [0.1, 0.15) is 0 Å². The summed E-state index contributed by atoms with van der Waals surface area (Å²) in [5.74, 6) is 0. The summed E-state index contributed by atoms with van der Waals surface area (Å²) >= 11 is 0. The number of hydrogen-bond acceptors (Lipinski definition) is 4. The van der Waals surface area contributed by atoms with Gasteiger partial charge in [0.2, 0.25) is 0 Å². The molecular weight excluding hydrogens is 464 g/mol. The topological polar surface area (TPSA) is 80.9 Å². The minimum Gasteiger partial charge on any atom is -0.421 e. The van der Waals surface area contributed by atoms with Gasteiger partial charge in [-0.05, 0) is 57.1 Å². The first-order valence-electron chi connectivity index (χ1n) is 10.9. The summed E-state index contributed by atoms with van der Waals surface area (Å²) in [4.78, 5) is 11.6. The van der Waals surface area contributed by atoms with E-state index in [1.54, 1.807) is 41.5 Å². The van der Waals surface area contributed by atoms with E-state index in [0.717, 1.165) is 15.6 Å². The van der Waals surface area contributed by atoms with Crippen molar-refractivity contribution in [2.75, 3.05) is 0 Å². The number of benzene rings is 3. The van der Waals surface area contributed by atoms with Crippen LogP contribution in [-0.2, 0) is 21.7 Å². The molecule has 0 aliphatic heterocycles. The zero-order valence-electron chi connectivity index (χ0n) is 20.7. The van der Waals surface area contributed by atoms with Crippen LogP contribution in [0.1, 0.15) is 41.5 Å². The molecule has 0 bridgehead atoms. The Kier molecular flexibility index (Phi) is 19.2. The van der Waals surface area contributed by atoms with Crippen LogP contribution in [0.25, 0.3) is 0 Å². The molecule has 6 heteroatoms. The maximum absolute atomic E-state index is 11.6. The molecule has 0 radical (unpaired) electrons. The van der Waals surface area contributed by atoms with E-state index in [1.807, 2.05) is 91.0 Å². The third-order valence-electron chi connectivity index (χ3n) is 3.57. The Balaban J connectivity index is 0. The summed E-state index contributed by atoms with van der Waals surface area (Å²) in [6.45, 7) is 10.3. The van der Waals surface area contributed by atoms with Gasteiger partial charge in [0.15, 0.2) is 0 Å². The standard InChI is InChI=1S/C18H16OSi.3C3H8O.Ti/c19-20(16-10-4-1-5-11-16,17-12-6-2-7-13-17)18-14-8-3-9-15-18;3*1-3(2)4;/h1-15,19H;3*3-4H,1-2H3;. The van der Waals surface area contributed by atoms with E-state index in [-0.39, 0.29) is 40.0 Å². The summed E-state index contributed by atoms with van der Waals surface area (Å²) < 4.78 is 0. The molecule has 33 heavy (non-hydrogen) atoms. The Morgan fingerprint density at radius 1 is 0.455 bits per heavy atom. The summed E-state index contributed by atoms with van der Waals surface area (Å²) in [5, 5.41) is 27.2. The van der Waals surface area contributed by atoms with Crippen LogP contribution in [0.15, 0.2) is 91.0 Å². The van der Waals surface area contributed by atoms with Crippen molar-refractivity contribution in [2.24, 2.45) is 0 Å². The van der Waals surface area contributed by atoms with Crippen LogP contribution in [0.5, 0.6) is 0 Å². The van der Waals surface area contributed by atoms with Crippen molar-refractivity contribution in [3.8, 4) is 0 Å². The molecule has 0 saturated heterocycles. The Morgan fingerprint density at radius 3 is 0.758 bits per heavy atom. The van der Waals surface area contributed by atoms with E-state index < -0.39 is 8.32 Å². The fraction of sp³-hybridized carbons (Fsp3) is 0.333. The summed E-state index contributed by atoms with van der Waals surface area (Å²) in [6.07, 6.45) is -0.500. The molecule has 0 fully saturated rings. The smallest absolute Gasteiger partial charge is 0.285 e. The molecule has 3 aromatic carbocycles. The second-order valence-electron chi connectivity index (χ2n) is 8.09. The molecule has 0 aromatic heterocycles. The van der Waals surface area contributed by atoms with Gasteiger partial charge >= 0.3 is 0 Å². The van der Waals surface area contributed by atoms with E-state index in [2.05, 4.69) is 0 Å². The molecule has 3 aromatic rings. The van der Waals surface area contributed by atoms with E-state index in [0.29, 0.717) is 0 Å². The van der Waals surface area contributed by atoms with Crippen LogP contribution in [-0.4, -0.2) is 46.7 Å². The van der Waals surface area contributed by atoms with Gasteiger partial charge in [0.25, 0.3) is 8.32 Å². The van der Waals surface area contributed by atoms with Crippen molar-refractivity contribution >= 4 is 23.9 Å². The van der Waals surface area contributed by atoms with E-state index >= 15 is 0 Å². The van der Waals surface area contributed by atoms with Crippen LogP contribution in [0.2, 0.25) is 0 Å². The van der Waals surface area contributed by atoms with E-state index in [4.69, 9.17) is 15.3 Å². The van der Waals surface area contributed by atoms with Gasteiger partial charge in [-0.15, -0.1) is 0 Å². The third kappa shape index (κ3) is 15.0. The van der Waals surface area contributed by atoms with Crippen molar-refractivity contribution in [3.63, 3.8) is 0 Å². The van der Waals surface area contributed by atoms with Gasteiger partial charge < -0.3 is 20.1 Å². The van der Waals surface area contributed by atoms with Gasteiger partial charge in [-0.2, -0.15) is 0 Å². The Bertz CT molecular complexity index is 694. The number of hydrogen-bond donors (Lipinski definition) is 4. The molecule has 0 atom stereocenters. The van der Waals surface area contributed by atoms with Crippen molar-refractivity contribution in [1.29, 1.82) is 0 Å².